The zero-order valence-electron chi connectivity index (χ0n) is 9.62. The maximum Gasteiger partial charge on any atom is 0.240 e. The third-order valence-electron chi connectivity index (χ3n) is 2.17. The second kappa shape index (κ2) is 5.29. The average Bonchev–Trinajstić information content (AvgIpc) is 2.14. The summed E-state index contributed by atoms with van der Waals surface area (Å²) >= 11 is 3.30. The van der Waals surface area contributed by atoms with E-state index in [1.54, 1.807) is 19.1 Å². The highest BCUT2D eigenvalue weighted by Crippen LogP contribution is 2.16. The van der Waals surface area contributed by atoms with Gasteiger partial charge in [-0.3, -0.25) is 0 Å². The third kappa shape index (κ3) is 3.57. The molecule has 0 aliphatic carbocycles. The molecule has 0 saturated heterocycles. The largest absolute Gasteiger partial charge is 0.240 e. The van der Waals surface area contributed by atoms with Gasteiger partial charge in [-0.25, -0.2) is 13.1 Å². The van der Waals surface area contributed by atoms with E-state index in [-0.39, 0.29) is 4.83 Å². The quantitative estimate of drug-likeness (QED) is 0.868. The van der Waals surface area contributed by atoms with Crippen molar-refractivity contribution in [3.8, 4) is 0 Å². The summed E-state index contributed by atoms with van der Waals surface area (Å²) in [6, 6.07) is 5.32. The second-order valence-corrected chi connectivity index (χ2v) is 7.20. The van der Waals surface area contributed by atoms with Crippen molar-refractivity contribution in [1.29, 1.82) is 0 Å². The molecule has 90 valence electrons. The predicted molar refractivity (Wildman–Crippen MR) is 69.5 cm³/mol. The first kappa shape index (κ1) is 13.7. The predicted octanol–water partition coefficient (Wildman–Crippen LogP) is 2.37. The van der Waals surface area contributed by atoms with Crippen LogP contribution in [0.15, 0.2) is 23.1 Å². The van der Waals surface area contributed by atoms with E-state index >= 15 is 0 Å². The summed E-state index contributed by atoms with van der Waals surface area (Å²) in [7, 11) is -3.38. The molecule has 0 saturated carbocycles. The van der Waals surface area contributed by atoms with Crippen molar-refractivity contribution in [3.05, 3.63) is 29.3 Å². The highest BCUT2D eigenvalue weighted by Gasteiger charge is 2.16. The molecule has 0 spiro atoms. The molecule has 0 aliphatic rings. The van der Waals surface area contributed by atoms with Crippen LogP contribution in [0.5, 0.6) is 0 Å². The Hall–Kier alpha value is -0.390. The van der Waals surface area contributed by atoms with Gasteiger partial charge in [0.2, 0.25) is 10.0 Å². The lowest BCUT2D eigenvalue weighted by molar-refractivity contribution is 0.581. The van der Waals surface area contributed by atoms with Crippen LogP contribution in [0.25, 0.3) is 0 Å². The summed E-state index contributed by atoms with van der Waals surface area (Å²) in [4.78, 5) is 0.472. The molecule has 0 radical (unpaired) electrons. The minimum atomic E-state index is -3.38. The van der Waals surface area contributed by atoms with Gasteiger partial charge in [-0.1, -0.05) is 40.5 Å². The van der Waals surface area contributed by atoms with Crippen LogP contribution in [0.1, 0.15) is 18.1 Å². The fourth-order valence-corrected chi connectivity index (χ4v) is 3.13. The molecule has 0 amide bonds. The topological polar surface area (TPSA) is 46.2 Å². The van der Waals surface area contributed by atoms with Crippen LogP contribution in [-0.2, 0) is 10.0 Å². The van der Waals surface area contributed by atoms with Gasteiger partial charge in [0.25, 0.3) is 0 Å². The smallest absolute Gasteiger partial charge is 0.210 e. The minimum absolute atomic E-state index is 0.119. The van der Waals surface area contributed by atoms with Crippen molar-refractivity contribution in [2.75, 3.05) is 6.54 Å². The van der Waals surface area contributed by atoms with Gasteiger partial charge in [0.15, 0.2) is 0 Å². The van der Waals surface area contributed by atoms with Gasteiger partial charge in [0.05, 0.1) is 4.90 Å². The van der Waals surface area contributed by atoms with Crippen LogP contribution in [0.3, 0.4) is 0 Å². The minimum Gasteiger partial charge on any atom is -0.210 e. The maximum absolute atomic E-state index is 11.9. The molecule has 0 aromatic heterocycles. The van der Waals surface area contributed by atoms with Crippen LogP contribution in [0, 0.1) is 13.8 Å². The molecule has 1 rings (SSSR count). The van der Waals surface area contributed by atoms with E-state index in [0.29, 0.717) is 11.4 Å². The fourth-order valence-electron chi connectivity index (χ4n) is 1.40. The number of halogens is 1. The second-order valence-electron chi connectivity index (χ2n) is 3.90. The average molecular weight is 306 g/mol. The molecule has 1 aromatic carbocycles. The molecular weight excluding hydrogens is 290 g/mol. The Kier molecular flexibility index (Phi) is 4.52. The molecule has 0 aliphatic heterocycles. The van der Waals surface area contributed by atoms with Crippen molar-refractivity contribution in [3.63, 3.8) is 0 Å². The van der Waals surface area contributed by atoms with E-state index in [1.165, 1.54) is 0 Å². The molecule has 0 heterocycles. The molecule has 1 N–H and O–H groups in total. The van der Waals surface area contributed by atoms with Crippen molar-refractivity contribution < 1.29 is 8.42 Å². The van der Waals surface area contributed by atoms with Crippen molar-refractivity contribution in [1.82, 2.24) is 4.72 Å². The third-order valence-corrected chi connectivity index (χ3v) is 4.08. The van der Waals surface area contributed by atoms with Gasteiger partial charge < -0.3 is 0 Å². The number of rotatable bonds is 4. The Bertz CT molecular complexity index is 469. The van der Waals surface area contributed by atoms with Gasteiger partial charge in [-0.2, -0.15) is 0 Å². The van der Waals surface area contributed by atoms with Crippen LogP contribution in [0.4, 0.5) is 0 Å². The number of alkyl halides is 1. The lowest BCUT2D eigenvalue weighted by Gasteiger charge is -2.10. The molecule has 3 nitrogen and oxygen atoms in total. The zero-order chi connectivity index (χ0) is 12.3. The van der Waals surface area contributed by atoms with Gasteiger partial charge >= 0.3 is 0 Å². The van der Waals surface area contributed by atoms with Crippen LogP contribution in [-0.4, -0.2) is 19.8 Å². The summed E-state index contributed by atoms with van der Waals surface area (Å²) < 4.78 is 26.4. The fraction of sp³-hybridized carbons (Fsp3) is 0.455. The van der Waals surface area contributed by atoms with Crippen LogP contribution < -0.4 is 4.72 Å². The van der Waals surface area contributed by atoms with Gasteiger partial charge in [-0.15, -0.1) is 0 Å². The van der Waals surface area contributed by atoms with E-state index < -0.39 is 10.0 Å². The molecule has 16 heavy (non-hydrogen) atoms. The molecule has 0 bridgehead atoms. The van der Waals surface area contributed by atoms with Gasteiger partial charge in [0, 0.05) is 11.4 Å². The number of nitrogens with one attached hydrogen (secondary N) is 1. The number of hydrogen-bond donors (Lipinski definition) is 1. The molecule has 1 unspecified atom stereocenters. The molecule has 0 fully saturated rings. The normalized spacial score (nSPS) is 13.8. The molecule has 1 aromatic rings. The monoisotopic (exact) mass is 305 g/mol. The standard InChI is InChI=1S/C11H16BrNO2S/c1-8-4-5-11(9(2)6-8)16(14,15)13-7-10(3)12/h4-6,10,13H,7H2,1-3H3. The summed E-state index contributed by atoms with van der Waals surface area (Å²) in [5, 5.41) is 0. The first-order chi connectivity index (χ1) is 7.33. The summed E-state index contributed by atoms with van der Waals surface area (Å²) in [6.45, 7) is 6.02. The number of benzene rings is 1. The van der Waals surface area contributed by atoms with Gasteiger partial charge in [0.1, 0.15) is 0 Å². The molecule has 1 atom stereocenters. The van der Waals surface area contributed by atoms with E-state index in [0.717, 1.165) is 11.1 Å². The number of hydrogen-bond acceptors (Lipinski definition) is 2. The summed E-state index contributed by atoms with van der Waals surface area (Å²) in [5.74, 6) is 0. The highest BCUT2D eigenvalue weighted by atomic mass is 79.9. The number of aryl methyl sites for hydroxylation is 2. The van der Waals surface area contributed by atoms with Crippen molar-refractivity contribution in [2.45, 2.75) is 30.5 Å². The lowest BCUT2D eigenvalue weighted by Crippen LogP contribution is -2.29. The van der Waals surface area contributed by atoms with Crippen LogP contribution >= 0.6 is 15.9 Å². The maximum atomic E-state index is 11.9. The summed E-state index contributed by atoms with van der Waals surface area (Å²) in [5.41, 5.74) is 1.83. The van der Waals surface area contributed by atoms with E-state index in [1.807, 2.05) is 19.9 Å². The molecule has 5 heteroatoms. The first-order valence-electron chi connectivity index (χ1n) is 5.04. The van der Waals surface area contributed by atoms with Crippen LogP contribution in [0.2, 0.25) is 0 Å². The Morgan fingerprint density at radius 3 is 2.50 bits per heavy atom. The van der Waals surface area contributed by atoms with Crippen molar-refractivity contribution in [2.24, 2.45) is 0 Å². The van der Waals surface area contributed by atoms with Gasteiger partial charge in [-0.05, 0) is 25.5 Å². The Morgan fingerprint density at radius 1 is 1.38 bits per heavy atom. The molecular formula is C11H16BrNO2S. The summed E-state index contributed by atoms with van der Waals surface area (Å²) in [6.07, 6.45) is 0. The Morgan fingerprint density at radius 2 is 2.00 bits per heavy atom. The van der Waals surface area contributed by atoms with E-state index in [4.69, 9.17) is 0 Å². The van der Waals surface area contributed by atoms with Crippen molar-refractivity contribution >= 4 is 26.0 Å². The first-order valence-corrected chi connectivity index (χ1v) is 7.44. The van der Waals surface area contributed by atoms with E-state index in [9.17, 15) is 8.42 Å². The number of sulfonamides is 1. The Labute approximate surface area is 105 Å². The Balaban J connectivity index is 2.99. The zero-order valence-corrected chi connectivity index (χ0v) is 12.0. The highest BCUT2D eigenvalue weighted by molar-refractivity contribution is 9.09. The lowest BCUT2D eigenvalue weighted by atomic mass is 10.2. The van der Waals surface area contributed by atoms with E-state index in [2.05, 4.69) is 20.7 Å². The SMILES string of the molecule is Cc1ccc(S(=O)(=O)NCC(C)Br)c(C)c1.